The van der Waals surface area contributed by atoms with Crippen LogP contribution in [0.5, 0.6) is 0 Å². The molecule has 204 valence electrons. The minimum Gasteiger partial charge on any atom is -0.481 e. The molecule has 40 heavy (non-hydrogen) atoms. The Labute approximate surface area is 224 Å². The highest BCUT2D eigenvalue weighted by Crippen LogP contribution is 2.31. The molecule has 13 heteroatoms. The van der Waals surface area contributed by atoms with Gasteiger partial charge < -0.3 is 20.8 Å². The topological polar surface area (TPSA) is 218 Å². The van der Waals surface area contributed by atoms with Crippen molar-refractivity contribution in [3.05, 3.63) is 69.8 Å². The van der Waals surface area contributed by atoms with E-state index in [9.17, 15) is 43.2 Å². The quantitative estimate of drug-likeness (QED) is 0.230. The number of rotatable bonds is 10. The number of carbonyl (C=O) groups excluding carboxylic acids is 7. The van der Waals surface area contributed by atoms with Crippen molar-refractivity contribution >= 4 is 52.7 Å². The predicted octanol–water partition coefficient (Wildman–Crippen LogP) is 0.0898. The maximum atomic E-state index is 13.2. The van der Waals surface area contributed by atoms with Gasteiger partial charge in [-0.15, -0.1) is 0 Å². The smallest absolute Gasteiger partial charge is 0.305 e. The highest BCUT2D eigenvalue weighted by molar-refractivity contribution is 6.36. The first-order valence-corrected chi connectivity index (χ1v) is 11.9. The van der Waals surface area contributed by atoms with Gasteiger partial charge in [-0.3, -0.25) is 43.2 Å². The first-order chi connectivity index (χ1) is 18.9. The number of amides is 2. The van der Waals surface area contributed by atoms with Crippen molar-refractivity contribution in [2.45, 2.75) is 12.8 Å². The summed E-state index contributed by atoms with van der Waals surface area (Å²) in [6.45, 7) is -0.564. The van der Waals surface area contributed by atoms with Gasteiger partial charge in [-0.25, -0.2) is 0 Å². The monoisotopic (exact) mass is 548 g/mol. The summed E-state index contributed by atoms with van der Waals surface area (Å²) in [6, 6.07) is 7.23. The van der Waals surface area contributed by atoms with Crippen molar-refractivity contribution in [3.63, 3.8) is 0 Å². The molecule has 2 aromatic carbocycles. The van der Waals surface area contributed by atoms with Gasteiger partial charge in [0, 0.05) is 46.5 Å². The number of carbonyl (C=O) groups is 9. The minimum atomic E-state index is -1.71. The summed E-state index contributed by atoms with van der Waals surface area (Å²) < 4.78 is 0. The van der Waals surface area contributed by atoms with Crippen LogP contribution in [0.15, 0.2) is 36.4 Å². The lowest BCUT2D eigenvalue weighted by atomic mass is 9.96. The third-order valence-electron chi connectivity index (χ3n) is 6.47. The summed E-state index contributed by atoms with van der Waals surface area (Å²) in [5, 5.41) is 21.8. The van der Waals surface area contributed by atoms with Crippen LogP contribution in [-0.2, 0) is 19.2 Å². The molecular weight excluding hydrogens is 528 g/mol. The average molecular weight is 548 g/mol. The number of carboxylic acids is 2. The molecule has 2 atom stereocenters. The van der Waals surface area contributed by atoms with Crippen LogP contribution in [0.4, 0.5) is 0 Å². The molecule has 13 nitrogen and oxygen atoms in total. The number of carboxylic acid groups (broad SMARTS) is 2. The average Bonchev–Trinajstić information content (AvgIpc) is 3.31. The third-order valence-corrected chi connectivity index (χ3v) is 6.47. The van der Waals surface area contributed by atoms with Gasteiger partial charge in [-0.05, 0) is 24.3 Å². The zero-order valence-electron chi connectivity index (χ0n) is 20.5. The van der Waals surface area contributed by atoms with Crippen LogP contribution in [0.3, 0.4) is 0 Å². The first-order valence-electron chi connectivity index (χ1n) is 11.9. The molecule has 2 aliphatic rings. The Hall–Kier alpha value is -5.33. The van der Waals surface area contributed by atoms with Crippen molar-refractivity contribution in [3.8, 4) is 0 Å². The second kappa shape index (κ2) is 10.8. The lowest BCUT2D eigenvalue weighted by Crippen LogP contribution is -2.37. The molecule has 0 radical (unpaired) electrons. The molecule has 0 heterocycles. The fourth-order valence-corrected chi connectivity index (χ4v) is 4.50. The van der Waals surface area contributed by atoms with E-state index in [1.807, 2.05) is 0 Å². The summed E-state index contributed by atoms with van der Waals surface area (Å²) in [6.07, 6.45) is -0.811. The number of hydrogen-bond acceptors (Lipinski definition) is 9. The Morgan fingerprint density at radius 2 is 0.925 bits per heavy atom. The fourth-order valence-electron chi connectivity index (χ4n) is 4.50. The van der Waals surface area contributed by atoms with E-state index in [1.54, 1.807) is 0 Å². The highest BCUT2D eigenvalue weighted by Gasteiger charge is 2.45. The van der Waals surface area contributed by atoms with Gasteiger partial charge in [0.1, 0.15) is 0 Å². The van der Waals surface area contributed by atoms with Gasteiger partial charge in [0.05, 0.1) is 12.8 Å². The Morgan fingerprint density at radius 3 is 1.27 bits per heavy atom. The van der Waals surface area contributed by atoms with Gasteiger partial charge in [0.15, 0.2) is 40.8 Å². The molecule has 4 N–H and O–H groups in total. The van der Waals surface area contributed by atoms with Gasteiger partial charge in [0.25, 0.3) is 0 Å². The normalized spacial score (nSPS) is 17.3. The minimum absolute atomic E-state index is 0.0495. The molecule has 2 aliphatic carbocycles. The molecule has 0 saturated carbocycles. The molecule has 2 amide bonds. The maximum absolute atomic E-state index is 13.2. The zero-order valence-corrected chi connectivity index (χ0v) is 20.5. The molecular formula is C27H20N2O11. The summed E-state index contributed by atoms with van der Waals surface area (Å²) in [7, 11) is 0. The molecule has 0 aromatic heterocycles. The molecule has 4 rings (SSSR count). The SMILES string of the molecule is O=C(O)CCNC(=O)C1C(=O)c2ccc(C(=O)c3ccc4c(c3)C(=O)C(C(=O)NCCC(=O)O)C4=O)cc2C1=O. The summed E-state index contributed by atoms with van der Waals surface area (Å²) in [5.41, 5.74) is -0.588. The number of benzene rings is 2. The van der Waals surface area contributed by atoms with E-state index < -0.39 is 77.3 Å². The van der Waals surface area contributed by atoms with Crippen molar-refractivity contribution in [1.82, 2.24) is 10.6 Å². The summed E-state index contributed by atoms with van der Waals surface area (Å²) >= 11 is 0. The number of nitrogens with one attached hydrogen (secondary N) is 2. The van der Waals surface area contributed by atoms with Crippen LogP contribution >= 0.6 is 0 Å². The van der Waals surface area contributed by atoms with Gasteiger partial charge in [-0.2, -0.15) is 0 Å². The highest BCUT2D eigenvalue weighted by atomic mass is 16.4. The maximum Gasteiger partial charge on any atom is 0.305 e. The van der Waals surface area contributed by atoms with Gasteiger partial charge >= 0.3 is 11.9 Å². The second-order valence-corrected chi connectivity index (χ2v) is 9.04. The lowest BCUT2D eigenvalue weighted by molar-refractivity contribution is -0.138. The van der Waals surface area contributed by atoms with Crippen molar-refractivity contribution in [2.24, 2.45) is 11.8 Å². The van der Waals surface area contributed by atoms with E-state index >= 15 is 0 Å². The fraction of sp³-hybridized carbons (Fsp3) is 0.222. The Bertz CT molecular complexity index is 1440. The first kappa shape index (κ1) is 27.7. The molecule has 0 saturated heterocycles. The lowest BCUT2D eigenvalue weighted by Gasteiger charge is -2.07. The van der Waals surface area contributed by atoms with E-state index in [-0.39, 0.29) is 46.5 Å². The Balaban J connectivity index is 1.53. The second-order valence-electron chi connectivity index (χ2n) is 9.04. The van der Waals surface area contributed by atoms with Crippen LogP contribution in [0.25, 0.3) is 0 Å². The number of aliphatic carboxylic acids is 2. The van der Waals surface area contributed by atoms with Gasteiger partial charge in [0.2, 0.25) is 11.8 Å². The van der Waals surface area contributed by atoms with Crippen molar-refractivity contribution in [1.29, 1.82) is 0 Å². The van der Waals surface area contributed by atoms with Crippen LogP contribution < -0.4 is 10.6 Å². The summed E-state index contributed by atoms with van der Waals surface area (Å²) in [4.78, 5) is 110. The number of Topliss-reactive ketones (excluding diaryl/α,β-unsaturated/α-hetero) is 4. The van der Waals surface area contributed by atoms with E-state index in [0.717, 1.165) is 12.1 Å². The van der Waals surface area contributed by atoms with E-state index in [1.165, 1.54) is 24.3 Å². The molecule has 0 spiro atoms. The predicted molar refractivity (Wildman–Crippen MR) is 131 cm³/mol. The van der Waals surface area contributed by atoms with Crippen LogP contribution in [0, 0.1) is 11.8 Å². The van der Waals surface area contributed by atoms with E-state index in [0.29, 0.717) is 0 Å². The molecule has 2 unspecified atom stereocenters. The molecule has 0 bridgehead atoms. The van der Waals surface area contributed by atoms with E-state index in [2.05, 4.69) is 10.6 Å². The summed E-state index contributed by atoms with van der Waals surface area (Å²) in [5.74, 6) is -11.6. The zero-order chi connectivity index (χ0) is 29.3. The molecule has 0 fully saturated rings. The number of fused-ring (bicyclic) bond motifs is 2. The van der Waals surface area contributed by atoms with Gasteiger partial charge in [-0.1, -0.05) is 12.1 Å². The number of hydrogen-bond donors (Lipinski definition) is 4. The van der Waals surface area contributed by atoms with Crippen LogP contribution in [-0.4, -0.2) is 76.0 Å². The Morgan fingerprint density at radius 1 is 0.575 bits per heavy atom. The van der Waals surface area contributed by atoms with Crippen molar-refractivity contribution < 1.29 is 53.4 Å². The van der Waals surface area contributed by atoms with Crippen molar-refractivity contribution in [2.75, 3.05) is 13.1 Å². The van der Waals surface area contributed by atoms with E-state index in [4.69, 9.17) is 10.2 Å². The largest absolute Gasteiger partial charge is 0.481 e. The van der Waals surface area contributed by atoms with Crippen LogP contribution in [0.2, 0.25) is 0 Å². The number of ketones is 5. The standard InChI is InChI=1S/C27H20N2O11/c30-17(31)5-7-28-26(39)19-22(35)13-3-1-11(9-15(13)24(19)37)21(34)12-2-4-14-16(10-12)25(38)20(23(14)36)27(40)29-8-6-18(32)33/h1-4,9-10,19-20H,5-8H2,(H,28,39)(H,29,40)(H,30,31)(H,32,33). The molecule has 2 aromatic rings. The third kappa shape index (κ3) is 5.04. The molecule has 0 aliphatic heterocycles. The Kier molecular flexibility index (Phi) is 7.48. The van der Waals surface area contributed by atoms with Crippen LogP contribution in [0.1, 0.15) is 70.2 Å².